The van der Waals surface area contributed by atoms with Crippen molar-refractivity contribution < 1.29 is 4.21 Å². The maximum atomic E-state index is 11.9. The van der Waals surface area contributed by atoms with Crippen LogP contribution in [-0.4, -0.2) is 9.75 Å². The largest absolute Gasteiger partial charge is 0.237 e. The van der Waals surface area contributed by atoms with Crippen molar-refractivity contribution in [3.05, 3.63) is 28.8 Å². The molecule has 0 bridgehead atoms. The van der Waals surface area contributed by atoms with Crippen LogP contribution < -0.4 is 4.72 Å². The maximum absolute atomic E-state index is 11.9. The summed E-state index contributed by atoms with van der Waals surface area (Å²) in [5.74, 6) is 0. The third-order valence-corrected chi connectivity index (χ3v) is 3.64. The van der Waals surface area contributed by atoms with Crippen LogP contribution in [-0.2, 0) is 11.0 Å². The number of hydrogen-bond donors (Lipinski definition) is 1. The topological polar surface area (TPSA) is 29.1 Å². The van der Waals surface area contributed by atoms with Crippen molar-refractivity contribution in [3.63, 3.8) is 0 Å². The van der Waals surface area contributed by atoms with Gasteiger partial charge in [-0.05, 0) is 45.4 Å². The molecule has 1 aromatic rings. The zero-order chi connectivity index (χ0) is 15.6. The molecule has 2 nitrogen and oxygen atoms in total. The van der Waals surface area contributed by atoms with Crippen molar-refractivity contribution in [2.45, 2.75) is 65.8 Å². The van der Waals surface area contributed by atoms with Crippen molar-refractivity contribution >= 4 is 22.6 Å². The number of benzene rings is 1. The Morgan fingerprint density at radius 2 is 1.58 bits per heavy atom. The zero-order valence-corrected chi connectivity index (χ0v) is 15.0. The molecule has 1 aromatic carbocycles. The highest BCUT2D eigenvalue weighted by atomic mass is 35.5. The van der Waals surface area contributed by atoms with E-state index in [9.17, 15) is 4.21 Å². The van der Waals surface area contributed by atoms with E-state index in [1.165, 1.54) is 0 Å². The highest BCUT2D eigenvalue weighted by Crippen LogP contribution is 2.19. The van der Waals surface area contributed by atoms with Gasteiger partial charge in [-0.3, -0.25) is 0 Å². The molecule has 4 heteroatoms. The van der Waals surface area contributed by atoms with E-state index in [2.05, 4.69) is 4.72 Å². The van der Waals surface area contributed by atoms with Gasteiger partial charge >= 0.3 is 0 Å². The highest BCUT2D eigenvalue weighted by molar-refractivity contribution is 7.83. The molecule has 1 atom stereocenters. The number of aryl methyl sites for hydroxylation is 1. The van der Waals surface area contributed by atoms with Gasteiger partial charge in [0.2, 0.25) is 0 Å². The minimum atomic E-state index is -1.21. The summed E-state index contributed by atoms with van der Waals surface area (Å²) in [7, 11) is -1.21. The van der Waals surface area contributed by atoms with Crippen molar-refractivity contribution in [2.75, 3.05) is 0 Å². The molecule has 0 aliphatic heterocycles. The highest BCUT2D eigenvalue weighted by Gasteiger charge is 2.14. The lowest BCUT2D eigenvalue weighted by molar-refractivity contribution is 0.519. The van der Waals surface area contributed by atoms with Gasteiger partial charge in [-0.25, -0.2) is 8.93 Å². The molecule has 0 heterocycles. The lowest BCUT2D eigenvalue weighted by Gasteiger charge is -2.19. The standard InChI is InChI=1S/C11H16ClNOS.2C2H6/c1-8-5-6-9(7-10(8)12)15(14)13-11(2,3)4;2*1-2/h5-7,13H,1-4H3;2*1-2H3. The van der Waals surface area contributed by atoms with Crippen LogP contribution in [0.15, 0.2) is 23.1 Å². The van der Waals surface area contributed by atoms with Gasteiger partial charge in [0.1, 0.15) is 11.0 Å². The van der Waals surface area contributed by atoms with Crippen molar-refractivity contribution in [3.8, 4) is 0 Å². The average Bonchev–Trinajstić information content (AvgIpc) is 2.35. The monoisotopic (exact) mass is 305 g/mol. The number of hydrogen-bond acceptors (Lipinski definition) is 1. The second kappa shape index (κ2) is 10.4. The number of nitrogens with one attached hydrogen (secondary N) is 1. The van der Waals surface area contributed by atoms with Gasteiger partial charge < -0.3 is 0 Å². The SMILES string of the molecule is CC.CC.Cc1ccc(S(=O)NC(C)(C)C)cc1Cl. The zero-order valence-electron chi connectivity index (χ0n) is 13.4. The Balaban J connectivity index is 0. The molecule has 0 aromatic heterocycles. The Morgan fingerprint density at radius 1 is 1.11 bits per heavy atom. The molecular weight excluding hydrogens is 278 g/mol. The van der Waals surface area contributed by atoms with Crippen molar-refractivity contribution in [1.29, 1.82) is 0 Å². The Kier molecular flexibility index (Phi) is 11.5. The Hall–Kier alpha value is -0.380. The van der Waals surface area contributed by atoms with E-state index >= 15 is 0 Å². The molecule has 1 N–H and O–H groups in total. The molecule has 1 unspecified atom stereocenters. The van der Waals surface area contributed by atoms with Crippen LogP contribution in [0, 0.1) is 6.92 Å². The quantitative estimate of drug-likeness (QED) is 0.808. The summed E-state index contributed by atoms with van der Waals surface area (Å²) in [6.45, 7) is 15.8. The van der Waals surface area contributed by atoms with E-state index in [4.69, 9.17) is 11.6 Å². The van der Waals surface area contributed by atoms with E-state index in [1.54, 1.807) is 6.07 Å². The van der Waals surface area contributed by atoms with Crippen LogP contribution >= 0.6 is 11.6 Å². The molecule has 112 valence electrons. The number of halogens is 1. The second-order valence-corrected chi connectivity index (χ2v) is 6.15. The van der Waals surface area contributed by atoms with Gasteiger partial charge in [0.25, 0.3) is 0 Å². The first-order valence-electron chi connectivity index (χ1n) is 6.75. The molecule has 1 rings (SSSR count). The Labute approximate surface area is 126 Å². The molecule has 0 spiro atoms. The Bertz CT molecular complexity index is 386. The molecule has 0 amide bonds. The molecule has 19 heavy (non-hydrogen) atoms. The maximum Gasteiger partial charge on any atom is 0.125 e. The summed E-state index contributed by atoms with van der Waals surface area (Å²) in [6, 6.07) is 5.45. The predicted molar refractivity (Wildman–Crippen MR) is 88.2 cm³/mol. The molecule has 0 radical (unpaired) electrons. The van der Waals surface area contributed by atoms with Crippen molar-refractivity contribution in [2.24, 2.45) is 0 Å². The normalized spacial score (nSPS) is 11.6. The Morgan fingerprint density at radius 3 is 1.95 bits per heavy atom. The molecule has 0 fully saturated rings. The number of rotatable bonds is 2. The fraction of sp³-hybridized carbons (Fsp3) is 0.600. The first kappa shape index (κ1) is 20.9. The summed E-state index contributed by atoms with van der Waals surface area (Å²) >= 11 is 5.97. The van der Waals surface area contributed by atoms with Crippen molar-refractivity contribution in [1.82, 2.24) is 4.72 Å². The van der Waals surface area contributed by atoms with Crippen LogP contribution in [0.25, 0.3) is 0 Å². The van der Waals surface area contributed by atoms with E-state index in [-0.39, 0.29) is 5.54 Å². The van der Waals surface area contributed by atoms with Crippen LogP contribution in [0.2, 0.25) is 5.02 Å². The van der Waals surface area contributed by atoms with Crippen LogP contribution in [0.5, 0.6) is 0 Å². The molecular formula is C15H28ClNOS. The summed E-state index contributed by atoms with van der Waals surface area (Å²) in [5.41, 5.74) is 0.815. The van der Waals surface area contributed by atoms with E-state index in [1.807, 2.05) is 67.5 Å². The smallest absolute Gasteiger partial charge is 0.125 e. The molecule has 0 saturated carbocycles. The lowest BCUT2D eigenvalue weighted by atomic mass is 10.1. The van der Waals surface area contributed by atoms with Gasteiger partial charge in [-0.1, -0.05) is 45.4 Å². The average molecular weight is 306 g/mol. The van der Waals surface area contributed by atoms with Gasteiger partial charge in [-0.15, -0.1) is 0 Å². The van der Waals surface area contributed by atoms with Gasteiger partial charge in [0.05, 0.1) is 4.90 Å². The molecule has 0 saturated heterocycles. The lowest BCUT2D eigenvalue weighted by Crippen LogP contribution is -2.37. The van der Waals surface area contributed by atoms with Gasteiger partial charge in [0.15, 0.2) is 0 Å². The first-order valence-corrected chi connectivity index (χ1v) is 8.28. The third-order valence-electron chi connectivity index (χ3n) is 1.76. The second-order valence-electron chi connectivity index (χ2n) is 4.53. The fourth-order valence-electron chi connectivity index (χ4n) is 1.03. The summed E-state index contributed by atoms with van der Waals surface area (Å²) in [5, 5.41) is 0.650. The first-order chi connectivity index (χ1) is 8.79. The van der Waals surface area contributed by atoms with Gasteiger partial charge in [0, 0.05) is 10.6 Å². The van der Waals surface area contributed by atoms with Crippen LogP contribution in [0.3, 0.4) is 0 Å². The predicted octanol–water partition coefficient (Wildman–Crippen LogP) is 5.11. The van der Waals surface area contributed by atoms with E-state index in [0.717, 1.165) is 5.56 Å². The molecule has 0 aliphatic carbocycles. The van der Waals surface area contributed by atoms with Crippen LogP contribution in [0.1, 0.15) is 54.0 Å². The summed E-state index contributed by atoms with van der Waals surface area (Å²) in [4.78, 5) is 0.709. The van der Waals surface area contributed by atoms with Crippen LogP contribution in [0.4, 0.5) is 0 Å². The minimum Gasteiger partial charge on any atom is -0.237 e. The summed E-state index contributed by atoms with van der Waals surface area (Å²) < 4.78 is 14.9. The molecule has 0 aliphatic rings. The third kappa shape index (κ3) is 9.20. The van der Waals surface area contributed by atoms with Gasteiger partial charge in [-0.2, -0.15) is 0 Å². The summed E-state index contributed by atoms with van der Waals surface area (Å²) in [6.07, 6.45) is 0. The fourth-order valence-corrected chi connectivity index (χ4v) is 2.36. The minimum absolute atomic E-state index is 0.178. The van der Waals surface area contributed by atoms with E-state index < -0.39 is 11.0 Å². The van der Waals surface area contributed by atoms with E-state index in [0.29, 0.717) is 9.92 Å².